The van der Waals surface area contributed by atoms with Gasteiger partial charge in [0.1, 0.15) is 0 Å². The van der Waals surface area contributed by atoms with Crippen molar-refractivity contribution in [3.05, 3.63) is 0 Å². The molecule has 1 aliphatic carbocycles. The summed E-state index contributed by atoms with van der Waals surface area (Å²) in [6, 6.07) is 0. The summed E-state index contributed by atoms with van der Waals surface area (Å²) in [7, 11) is 1.56. The van der Waals surface area contributed by atoms with Crippen molar-refractivity contribution in [3.8, 4) is 12.3 Å². The topological polar surface area (TPSA) is 29.5 Å². The molecule has 2 atom stereocenters. The molecule has 0 amide bonds. The van der Waals surface area contributed by atoms with E-state index in [0.29, 0.717) is 0 Å². The number of hydrogen-bond acceptors (Lipinski definition) is 2. The number of hydrogen-bond donors (Lipinski definition) is 1. The average Bonchev–Trinajstić information content (AvgIpc) is 2.06. The second kappa shape index (κ2) is 3.25. The molecule has 1 aliphatic rings. The molecule has 62 valence electrons. The zero-order valence-electron chi connectivity index (χ0n) is 6.84. The maximum Gasteiger partial charge on any atom is 0.153 e. The molecular formula is C9H14O2. The Balaban J connectivity index is 2.71. The molecule has 0 aromatic rings. The highest BCUT2D eigenvalue weighted by Gasteiger charge is 2.38. The molecule has 1 saturated carbocycles. The average molecular weight is 154 g/mol. The van der Waals surface area contributed by atoms with E-state index in [1.165, 1.54) is 0 Å². The molecule has 1 rings (SSSR count). The first-order chi connectivity index (χ1) is 5.25. The van der Waals surface area contributed by atoms with E-state index in [1.807, 2.05) is 0 Å². The molecule has 1 N–H and O–H groups in total. The lowest BCUT2D eigenvalue weighted by Crippen LogP contribution is -2.45. The third kappa shape index (κ3) is 1.40. The Bertz CT molecular complexity index is 171. The van der Waals surface area contributed by atoms with E-state index in [4.69, 9.17) is 11.2 Å². The Kier molecular flexibility index (Phi) is 2.53. The first kappa shape index (κ1) is 8.58. The summed E-state index contributed by atoms with van der Waals surface area (Å²) in [5.41, 5.74) is -0.696. The first-order valence-corrected chi connectivity index (χ1v) is 3.96. The Morgan fingerprint density at radius 1 is 1.64 bits per heavy atom. The predicted octanol–water partition coefficient (Wildman–Crippen LogP) is 0.940. The van der Waals surface area contributed by atoms with Crippen molar-refractivity contribution in [1.82, 2.24) is 0 Å². The first-order valence-electron chi connectivity index (χ1n) is 3.96. The monoisotopic (exact) mass is 154 g/mol. The van der Waals surface area contributed by atoms with E-state index >= 15 is 0 Å². The third-order valence-corrected chi connectivity index (χ3v) is 2.42. The summed E-state index contributed by atoms with van der Waals surface area (Å²) in [6.45, 7) is 0. The molecule has 0 aromatic carbocycles. The number of methoxy groups -OCH3 is 1. The fraction of sp³-hybridized carbons (Fsp3) is 0.778. The molecule has 11 heavy (non-hydrogen) atoms. The summed E-state index contributed by atoms with van der Waals surface area (Å²) >= 11 is 0. The SMILES string of the molecule is C#CC1(OC)CCCCC1O. The zero-order valence-corrected chi connectivity index (χ0v) is 6.84. The van der Waals surface area contributed by atoms with E-state index < -0.39 is 11.7 Å². The van der Waals surface area contributed by atoms with Crippen molar-refractivity contribution in [1.29, 1.82) is 0 Å². The van der Waals surface area contributed by atoms with Crippen LogP contribution in [-0.2, 0) is 4.74 Å². The molecule has 0 radical (unpaired) electrons. The van der Waals surface area contributed by atoms with Gasteiger partial charge in [0.2, 0.25) is 0 Å². The summed E-state index contributed by atoms with van der Waals surface area (Å²) in [4.78, 5) is 0. The van der Waals surface area contributed by atoms with Gasteiger partial charge in [-0.3, -0.25) is 0 Å². The Morgan fingerprint density at radius 2 is 2.36 bits per heavy atom. The van der Waals surface area contributed by atoms with Crippen LogP contribution in [0.25, 0.3) is 0 Å². The van der Waals surface area contributed by atoms with Crippen LogP contribution in [0.4, 0.5) is 0 Å². The van der Waals surface area contributed by atoms with Crippen LogP contribution in [0.15, 0.2) is 0 Å². The number of terminal acetylenes is 1. The van der Waals surface area contributed by atoms with Gasteiger partial charge in [-0.2, -0.15) is 0 Å². The minimum atomic E-state index is -0.696. The van der Waals surface area contributed by atoms with Gasteiger partial charge in [0.15, 0.2) is 5.60 Å². The molecule has 0 aliphatic heterocycles. The predicted molar refractivity (Wildman–Crippen MR) is 43.0 cm³/mol. The van der Waals surface area contributed by atoms with Crippen LogP contribution < -0.4 is 0 Å². The van der Waals surface area contributed by atoms with E-state index in [1.54, 1.807) is 7.11 Å². The zero-order chi connectivity index (χ0) is 8.32. The lowest BCUT2D eigenvalue weighted by molar-refractivity contribution is -0.0848. The molecule has 0 saturated heterocycles. The summed E-state index contributed by atoms with van der Waals surface area (Å²) < 4.78 is 5.15. The lowest BCUT2D eigenvalue weighted by atomic mass is 9.83. The molecular weight excluding hydrogens is 140 g/mol. The van der Waals surface area contributed by atoms with Crippen LogP contribution in [0.2, 0.25) is 0 Å². The fourth-order valence-electron chi connectivity index (χ4n) is 1.59. The summed E-state index contributed by atoms with van der Waals surface area (Å²) in [5, 5.41) is 9.55. The molecule has 1 fully saturated rings. The minimum absolute atomic E-state index is 0.480. The smallest absolute Gasteiger partial charge is 0.153 e. The maximum absolute atomic E-state index is 9.55. The highest BCUT2D eigenvalue weighted by molar-refractivity contribution is 5.13. The summed E-state index contributed by atoms with van der Waals surface area (Å²) in [6.07, 6.45) is 8.46. The van der Waals surface area contributed by atoms with Gasteiger partial charge in [0.05, 0.1) is 6.10 Å². The largest absolute Gasteiger partial charge is 0.389 e. The van der Waals surface area contributed by atoms with Gasteiger partial charge in [-0.15, -0.1) is 6.42 Å². The molecule has 0 aromatic heterocycles. The third-order valence-electron chi connectivity index (χ3n) is 2.42. The number of ether oxygens (including phenoxy) is 1. The lowest BCUT2D eigenvalue weighted by Gasteiger charge is -2.35. The van der Waals surface area contributed by atoms with E-state index in [2.05, 4.69) is 5.92 Å². The van der Waals surface area contributed by atoms with Crippen molar-refractivity contribution < 1.29 is 9.84 Å². The molecule has 0 spiro atoms. The number of aliphatic hydroxyl groups is 1. The molecule has 2 heteroatoms. The van der Waals surface area contributed by atoms with Crippen LogP contribution in [0.1, 0.15) is 25.7 Å². The van der Waals surface area contributed by atoms with Crippen molar-refractivity contribution in [2.45, 2.75) is 37.4 Å². The van der Waals surface area contributed by atoms with Crippen molar-refractivity contribution in [2.24, 2.45) is 0 Å². The van der Waals surface area contributed by atoms with Crippen molar-refractivity contribution >= 4 is 0 Å². The maximum atomic E-state index is 9.55. The van der Waals surface area contributed by atoms with Gasteiger partial charge in [0, 0.05) is 7.11 Å². The van der Waals surface area contributed by atoms with Gasteiger partial charge in [0.25, 0.3) is 0 Å². The van der Waals surface area contributed by atoms with E-state index in [9.17, 15) is 5.11 Å². The second-order valence-electron chi connectivity index (χ2n) is 3.00. The van der Waals surface area contributed by atoms with Gasteiger partial charge >= 0.3 is 0 Å². The van der Waals surface area contributed by atoms with Crippen molar-refractivity contribution in [3.63, 3.8) is 0 Å². The van der Waals surface area contributed by atoms with E-state index in [-0.39, 0.29) is 0 Å². The van der Waals surface area contributed by atoms with Crippen LogP contribution in [0.5, 0.6) is 0 Å². The Morgan fingerprint density at radius 3 is 2.73 bits per heavy atom. The molecule has 2 unspecified atom stereocenters. The van der Waals surface area contributed by atoms with Crippen LogP contribution in [0, 0.1) is 12.3 Å². The van der Waals surface area contributed by atoms with E-state index in [0.717, 1.165) is 25.7 Å². The Hall–Kier alpha value is -0.520. The van der Waals surface area contributed by atoms with Crippen LogP contribution >= 0.6 is 0 Å². The van der Waals surface area contributed by atoms with Crippen LogP contribution in [0.3, 0.4) is 0 Å². The highest BCUT2D eigenvalue weighted by Crippen LogP contribution is 2.30. The Labute approximate surface area is 67.6 Å². The van der Waals surface area contributed by atoms with Gasteiger partial charge in [-0.25, -0.2) is 0 Å². The molecule has 0 bridgehead atoms. The minimum Gasteiger partial charge on any atom is -0.389 e. The number of aliphatic hydroxyl groups excluding tert-OH is 1. The van der Waals surface area contributed by atoms with Crippen molar-refractivity contribution in [2.75, 3.05) is 7.11 Å². The fourth-order valence-corrected chi connectivity index (χ4v) is 1.59. The van der Waals surface area contributed by atoms with Gasteiger partial charge < -0.3 is 9.84 Å². The summed E-state index contributed by atoms with van der Waals surface area (Å²) in [5.74, 6) is 2.54. The molecule has 0 heterocycles. The standard InChI is InChI=1S/C9H14O2/c1-3-9(11-2)7-5-4-6-8(9)10/h1,8,10H,4-7H2,2H3. The van der Waals surface area contributed by atoms with Gasteiger partial charge in [-0.05, 0) is 19.3 Å². The van der Waals surface area contributed by atoms with Gasteiger partial charge in [-0.1, -0.05) is 12.3 Å². The number of rotatable bonds is 1. The second-order valence-corrected chi connectivity index (χ2v) is 3.00. The van der Waals surface area contributed by atoms with Crippen LogP contribution in [-0.4, -0.2) is 23.9 Å². The quantitative estimate of drug-likeness (QED) is 0.569. The normalized spacial score (nSPS) is 38.1. The highest BCUT2D eigenvalue weighted by atomic mass is 16.5. The molecule has 2 nitrogen and oxygen atoms in total.